The van der Waals surface area contributed by atoms with Crippen molar-refractivity contribution < 1.29 is 22.3 Å². The number of alkyl halides is 2. The van der Waals surface area contributed by atoms with Crippen LogP contribution in [0.5, 0.6) is 5.75 Å². The first-order chi connectivity index (χ1) is 9.95. The molecule has 0 fully saturated rings. The number of halogens is 4. The molecule has 6 heteroatoms. The van der Waals surface area contributed by atoms with Crippen molar-refractivity contribution in [1.82, 2.24) is 0 Å². The highest BCUT2D eigenvalue weighted by molar-refractivity contribution is 5.32. The third-order valence-electron chi connectivity index (χ3n) is 2.95. The van der Waals surface area contributed by atoms with Gasteiger partial charge >= 0.3 is 6.61 Å². The van der Waals surface area contributed by atoms with E-state index in [0.29, 0.717) is 11.1 Å². The van der Waals surface area contributed by atoms with E-state index in [0.717, 1.165) is 12.1 Å². The molecule has 0 aromatic heterocycles. The van der Waals surface area contributed by atoms with Gasteiger partial charge in [-0.2, -0.15) is 8.78 Å². The van der Waals surface area contributed by atoms with E-state index >= 15 is 0 Å². The molecule has 0 bridgehead atoms. The van der Waals surface area contributed by atoms with Gasteiger partial charge in [0.2, 0.25) is 0 Å². The Morgan fingerprint density at radius 2 is 1.76 bits per heavy atom. The van der Waals surface area contributed by atoms with Crippen molar-refractivity contribution >= 4 is 0 Å². The first kappa shape index (κ1) is 15.3. The fourth-order valence-corrected chi connectivity index (χ4v) is 1.96. The summed E-state index contributed by atoms with van der Waals surface area (Å²) < 4.78 is 54.6. The zero-order valence-electron chi connectivity index (χ0n) is 10.9. The van der Waals surface area contributed by atoms with Crippen LogP contribution in [0.15, 0.2) is 42.5 Å². The van der Waals surface area contributed by atoms with E-state index < -0.39 is 24.3 Å². The topological polar surface area (TPSA) is 35.2 Å². The molecule has 2 aromatic carbocycles. The van der Waals surface area contributed by atoms with Crippen LogP contribution in [0.3, 0.4) is 0 Å². The minimum atomic E-state index is -2.91. The van der Waals surface area contributed by atoms with Gasteiger partial charge in [-0.1, -0.05) is 18.2 Å². The van der Waals surface area contributed by atoms with Gasteiger partial charge in [-0.25, -0.2) is 8.78 Å². The lowest BCUT2D eigenvalue weighted by molar-refractivity contribution is -0.0499. The van der Waals surface area contributed by atoms with Gasteiger partial charge in [0.15, 0.2) is 11.6 Å². The summed E-state index contributed by atoms with van der Waals surface area (Å²) in [6.45, 7) is -2.91. The minimum Gasteiger partial charge on any atom is -0.435 e. The molecule has 2 nitrogen and oxygen atoms in total. The third kappa shape index (κ3) is 4.19. The third-order valence-corrected chi connectivity index (χ3v) is 2.95. The number of rotatable bonds is 5. The van der Waals surface area contributed by atoms with Gasteiger partial charge in [0, 0.05) is 6.04 Å². The van der Waals surface area contributed by atoms with Crippen LogP contribution in [0.4, 0.5) is 17.6 Å². The second kappa shape index (κ2) is 6.58. The largest absolute Gasteiger partial charge is 0.435 e. The van der Waals surface area contributed by atoms with Gasteiger partial charge < -0.3 is 10.5 Å². The van der Waals surface area contributed by atoms with Crippen molar-refractivity contribution in [3.8, 4) is 5.75 Å². The van der Waals surface area contributed by atoms with Crippen LogP contribution < -0.4 is 10.5 Å². The Morgan fingerprint density at radius 1 is 1.00 bits per heavy atom. The first-order valence-electron chi connectivity index (χ1n) is 6.20. The van der Waals surface area contributed by atoms with Crippen LogP contribution >= 0.6 is 0 Å². The monoisotopic (exact) mass is 299 g/mol. The molecule has 0 spiro atoms. The van der Waals surface area contributed by atoms with Gasteiger partial charge in [0.05, 0.1) is 0 Å². The van der Waals surface area contributed by atoms with Crippen molar-refractivity contribution in [2.75, 3.05) is 0 Å². The Balaban J connectivity index is 2.12. The van der Waals surface area contributed by atoms with Crippen LogP contribution in [0.25, 0.3) is 0 Å². The number of nitrogens with two attached hydrogens (primary N) is 1. The molecular weight excluding hydrogens is 286 g/mol. The molecule has 0 aliphatic heterocycles. The highest BCUT2D eigenvalue weighted by Gasteiger charge is 2.11. The summed E-state index contributed by atoms with van der Waals surface area (Å²) in [5.74, 6) is -1.88. The SMILES string of the molecule is NC(Cc1ccc(F)c(F)c1)c1cccc(OC(F)F)c1. The van der Waals surface area contributed by atoms with Crippen molar-refractivity contribution in [2.45, 2.75) is 19.1 Å². The maximum atomic E-state index is 13.1. The molecule has 2 aromatic rings. The molecular formula is C15H13F4NO. The molecule has 0 saturated heterocycles. The normalized spacial score (nSPS) is 12.5. The van der Waals surface area contributed by atoms with Crippen LogP contribution in [0.1, 0.15) is 17.2 Å². The summed E-state index contributed by atoms with van der Waals surface area (Å²) in [7, 11) is 0. The summed E-state index contributed by atoms with van der Waals surface area (Å²) >= 11 is 0. The molecule has 1 unspecified atom stereocenters. The predicted octanol–water partition coefficient (Wildman–Crippen LogP) is 3.81. The quantitative estimate of drug-likeness (QED) is 0.852. The highest BCUT2D eigenvalue weighted by Crippen LogP contribution is 2.22. The number of ether oxygens (including phenoxy) is 1. The van der Waals surface area contributed by atoms with Crippen LogP contribution in [0, 0.1) is 11.6 Å². The van der Waals surface area contributed by atoms with Gasteiger partial charge in [-0.05, 0) is 41.8 Å². The summed E-state index contributed by atoms with van der Waals surface area (Å²) in [6.07, 6.45) is 0.245. The average molecular weight is 299 g/mol. The summed E-state index contributed by atoms with van der Waals surface area (Å²) in [6, 6.07) is 8.95. The van der Waals surface area contributed by atoms with E-state index in [-0.39, 0.29) is 12.2 Å². The Labute approximate surface area is 119 Å². The zero-order valence-corrected chi connectivity index (χ0v) is 10.9. The number of hydrogen-bond acceptors (Lipinski definition) is 2. The lowest BCUT2D eigenvalue weighted by Crippen LogP contribution is -2.14. The Hall–Kier alpha value is -2.08. The fourth-order valence-electron chi connectivity index (χ4n) is 1.96. The second-order valence-electron chi connectivity index (χ2n) is 4.51. The van der Waals surface area contributed by atoms with E-state index in [1.54, 1.807) is 6.07 Å². The molecule has 0 amide bonds. The average Bonchev–Trinajstić information content (AvgIpc) is 2.42. The van der Waals surface area contributed by atoms with E-state index in [2.05, 4.69) is 4.74 Å². The molecule has 112 valence electrons. The van der Waals surface area contributed by atoms with Crippen LogP contribution in [-0.2, 0) is 6.42 Å². The summed E-state index contributed by atoms with van der Waals surface area (Å²) in [4.78, 5) is 0. The van der Waals surface area contributed by atoms with Gasteiger partial charge in [0.1, 0.15) is 5.75 Å². The van der Waals surface area contributed by atoms with E-state index in [1.807, 2.05) is 0 Å². The minimum absolute atomic E-state index is 0.00300. The highest BCUT2D eigenvalue weighted by atomic mass is 19.3. The molecule has 0 radical (unpaired) electrons. The standard InChI is InChI=1S/C15H13F4NO/c16-12-5-4-9(6-13(12)17)7-14(20)10-2-1-3-11(8-10)21-15(18)19/h1-6,8,14-15H,7,20H2. The fraction of sp³-hybridized carbons (Fsp3) is 0.200. The molecule has 2 N–H and O–H groups in total. The van der Waals surface area contributed by atoms with Crippen molar-refractivity contribution in [3.05, 3.63) is 65.2 Å². The van der Waals surface area contributed by atoms with Gasteiger partial charge in [0.25, 0.3) is 0 Å². The molecule has 0 aliphatic carbocycles. The summed E-state index contributed by atoms with van der Waals surface area (Å²) in [5.41, 5.74) is 7.04. The Morgan fingerprint density at radius 3 is 2.43 bits per heavy atom. The molecule has 2 rings (SSSR count). The Kier molecular flexibility index (Phi) is 4.80. The number of hydrogen-bond donors (Lipinski definition) is 1. The van der Waals surface area contributed by atoms with E-state index in [4.69, 9.17) is 5.73 Å². The predicted molar refractivity (Wildman–Crippen MR) is 70.1 cm³/mol. The van der Waals surface area contributed by atoms with Crippen LogP contribution in [0.2, 0.25) is 0 Å². The smallest absolute Gasteiger partial charge is 0.387 e. The van der Waals surface area contributed by atoms with Crippen molar-refractivity contribution in [2.24, 2.45) is 5.73 Å². The van der Waals surface area contributed by atoms with Gasteiger partial charge in [-0.3, -0.25) is 0 Å². The zero-order chi connectivity index (χ0) is 15.4. The van der Waals surface area contributed by atoms with E-state index in [9.17, 15) is 17.6 Å². The second-order valence-corrected chi connectivity index (χ2v) is 4.51. The summed E-state index contributed by atoms with van der Waals surface area (Å²) in [5, 5.41) is 0. The first-order valence-corrected chi connectivity index (χ1v) is 6.20. The van der Waals surface area contributed by atoms with Crippen LogP contribution in [-0.4, -0.2) is 6.61 Å². The molecule has 1 atom stereocenters. The van der Waals surface area contributed by atoms with Crippen molar-refractivity contribution in [1.29, 1.82) is 0 Å². The van der Waals surface area contributed by atoms with E-state index in [1.165, 1.54) is 24.3 Å². The van der Waals surface area contributed by atoms with Gasteiger partial charge in [-0.15, -0.1) is 0 Å². The Bertz CT molecular complexity index is 618. The molecule has 0 aliphatic rings. The lowest BCUT2D eigenvalue weighted by Gasteiger charge is -2.14. The maximum absolute atomic E-state index is 13.1. The molecule has 0 heterocycles. The number of benzene rings is 2. The molecule has 0 saturated carbocycles. The lowest BCUT2D eigenvalue weighted by atomic mass is 9.99. The maximum Gasteiger partial charge on any atom is 0.387 e. The molecule has 21 heavy (non-hydrogen) atoms. The van der Waals surface area contributed by atoms with Crippen molar-refractivity contribution in [3.63, 3.8) is 0 Å².